The van der Waals surface area contributed by atoms with Gasteiger partial charge in [0.2, 0.25) is 5.75 Å². The molecule has 3 aromatic rings. The Hall–Kier alpha value is -4.14. The predicted molar refractivity (Wildman–Crippen MR) is 138 cm³/mol. The van der Waals surface area contributed by atoms with Gasteiger partial charge in [0, 0.05) is 6.07 Å². The van der Waals surface area contributed by atoms with E-state index < -0.39 is 53.2 Å². The molecule has 13 nitrogen and oxygen atoms in total. The number of aliphatic hydroxyl groups excluding tert-OH is 2. The molecular weight excluding hydrogens is 534 g/mol. The van der Waals surface area contributed by atoms with Gasteiger partial charge in [-0.1, -0.05) is 39.0 Å². The fourth-order valence-electron chi connectivity index (χ4n) is 3.12. The lowest BCUT2D eigenvalue weighted by Gasteiger charge is -2.20. The second-order valence-electron chi connectivity index (χ2n) is 9.17. The van der Waals surface area contributed by atoms with Crippen molar-refractivity contribution < 1.29 is 47.5 Å². The van der Waals surface area contributed by atoms with E-state index in [0.717, 1.165) is 5.56 Å². The van der Waals surface area contributed by atoms with Crippen molar-refractivity contribution in [2.45, 2.75) is 37.2 Å². The number of anilines is 1. The highest BCUT2D eigenvalue weighted by Crippen LogP contribution is 2.39. The Kier molecular flexibility index (Phi) is 9.16. The molecule has 39 heavy (non-hydrogen) atoms. The van der Waals surface area contributed by atoms with Crippen LogP contribution >= 0.6 is 0 Å². The van der Waals surface area contributed by atoms with E-state index >= 15 is 0 Å². The molecule has 0 aliphatic carbocycles. The molecule has 210 valence electrons. The number of hydrogen-bond acceptors (Lipinski definition) is 11. The van der Waals surface area contributed by atoms with Gasteiger partial charge in [-0.05, 0) is 35.2 Å². The number of benzene rings is 2. The highest BCUT2D eigenvalue weighted by Gasteiger charge is 2.26. The van der Waals surface area contributed by atoms with Crippen LogP contribution in [0.1, 0.15) is 26.3 Å². The third-order valence-electron chi connectivity index (χ3n) is 5.14. The molecule has 14 heteroatoms. The maximum atomic E-state index is 13.3. The van der Waals surface area contributed by atoms with E-state index in [1.54, 1.807) is 24.3 Å². The van der Waals surface area contributed by atoms with Crippen LogP contribution in [0.15, 0.2) is 53.4 Å². The van der Waals surface area contributed by atoms with Gasteiger partial charge >= 0.3 is 12.2 Å². The topological polar surface area (TPSA) is 187 Å². The Balaban J connectivity index is 2.12. The van der Waals surface area contributed by atoms with Crippen LogP contribution in [0.2, 0.25) is 0 Å². The van der Waals surface area contributed by atoms with Gasteiger partial charge in [0.25, 0.3) is 15.9 Å². The molecule has 0 saturated heterocycles. The van der Waals surface area contributed by atoms with Gasteiger partial charge in [0.1, 0.15) is 24.2 Å². The zero-order valence-electron chi connectivity index (χ0n) is 21.6. The van der Waals surface area contributed by atoms with E-state index in [1.807, 2.05) is 20.8 Å². The number of nitrogens with zero attached hydrogens (tertiary/aromatic N) is 2. The maximum absolute atomic E-state index is 13.3. The minimum absolute atomic E-state index is 0.111. The van der Waals surface area contributed by atoms with Crippen molar-refractivity contribution >= 4 is 22.0 Å². The summed E-state index contributed by atoms with van der Waals surface area (Å²) in [4.78, 5) is 18.8. The van der Waals surface area contributed by atoms with Crippen molar-refractivity contribution in [3.8, 4) is 29.1 Å². The number of carbonyl (C=O) groups is 1. The number of methoxy groups -OCH3 is 1. The maximum Gasteiger partial charge on any atom is 0.513 e. The molecule has 0 bridgehead atoms. The van der Waals surface area contributed by atoms with E-state index in [1.165, 1.54) is 31.4 Å². The summed E-state index contributed by atoms with van der Waals surface area (Å²) < 4.78 is 49.9. The molecule has 1 unspecified atom stereocenters. The van der Waals surface area contributed by atoms with Crippen molar-refractivity contribution in [1.29, 1.82) is 0 Å². The normalized spacial score (nSPS) is 12.4. The molecule has 0 aliphatic heterocycles. The molecule has 2 aromatic carbocycles. The molecule has 0 spiro atoms. The van der Waals surface area contributed by atoms with Crippen molar-refractivity contribution in [1.82, 2.24) is 9.97 Å². The van der Waals surface area contributed by atoms with Gasteiger partial charge in [-0.2, -0.15) is 9.97 Å². The average molecular weight is 564 g/mol. The fraction of sp³-hybridized carbons (Fsp3) is 0.320. The number of hydrogen-bond donors (Lipinski definition) is 4. The molecule has 1 heterocycles. The zero-order chi connectivity index (χ0) is 28.8. The third kappa shape index (κ3) is 7.92. The average Bonchev–Trinajstić information content (AvgIpc) is 2.88. The number of nitrogens with one attached hydrogen (secondary N) is 1. The van der Waals surface area contributed by atoms with Crippen LogP contribution in [0.4, 0.5) is 10.6 Å². The molecule has 0 fully saturated rings. The summed E-state index contributed by atoms with van der Waals surface area (Å²) in [6.45, 7) is 4.79. The standard InChI is InChI=1S/C25H29N3O10S/c1-25(2,3)15-8-10-19(11-9-15)39(33,34)28-21-20(37-18-7-5-6-17(12-18)35-4)22(36-14-16(30)13-29)27-23(26-21)38-24(31)32/h5-12,16,29-30H,13-14H2,1-4H3,(H,31,32)(H,26,27,28). The van der Waals surface area contributed by atoms with Crippen LogP contribution in [0, 0.1) is 0 Å². The van der Waals surface area contributed by atoms with Crippen LogP contribution in [0.3, 0.4) is 0 Å². The Morgan fingerprint density at radius 3 is 2.33 bits per heavy atom. The Morgan fingerprint density at radius 1 is 1.08 bits per heavy atom. The van der Waals surface area contributed by atoms with Crippen LogP contribution in [0.5, 0.6) is 29.1 Å². The van der Waals surface area contributed by atoms with E-state index in [0.29, 0.717) is 5.75 Å². The summed E-state index contributed by atoms with van der Waals surface area (Å²) in [5, 5.41) is 28.0. The molecule has 1 atom stereocenters. The first-order chi connectivity index (χ1) is 18.3. The second kappa shape index (κ2) is 12.1. The smallest absolute Gasteiger partial charge is 0.497 e. The summed E-state index contributed by atoms with van der Waals surface area (Å²) in [6.07, 6.45) is -3.11. The molecule has 0 saturated carbocycles. The number of sulfonamides is 1. The van der Waals surface area contributed by atoms with Gasteiger partial charge in [0.05, 0.1) is 18.6 Å². The number of rotatable bonds is 11. The number of aromatic nitrogens is 2. The molecule has 1 aromatic heterocycles. The van der Waals surface area contributed by atoms with Crippen molar-refractivity contribution in [3.63, 3.8) is 0 Å². The van der Waals surface area contributed by atoms with Gasteiger partial charge in [0.15, 0.2) is 5.82 Å². The largest absolute Gasteiger partial charge is 0.513 e. The third-order valence-corrected chi connectivity index (χ3v) is 6.49. The van der Waals surface area contributed by atoms with Gasteiger partial charge in [-0.25, -0.2) is 13.2 Å². The van der Waals surface area contributed by atoms with Crippen molar-refractivity contribution in [2.75, 3.05) is 25.0 Å². The summed E-state index contributed by atoms with van der Waals surface area (Å²) >= 11 is 0. The van der Waals surface area contributed by atoms with E-state index in [-0.39, 0.29) is 21.8 Å². The Bertz CT molecular complexity index is 1410. The lowest BCUT2D eigenvalue weighted by molar-refractivity contribution is 0.0509. The minimum atomic E-state index is -4.29. The molecular formula is C25H29N3O10S. The molecule has 4 N–H and O–H groups in total. The fourth-order valence-corrected chi connectivity index (χ4v) is 4.13. The lowest BCUT2D eigenvalue weighted by Crippen LogP contribution is -2.22. The summed E-state index contributed by atoms with van der Waals surface area (Å²) in [6, 6.07) is 11.7. The van der Waals surface area contributed by atoms with E-state index in [4.69, 9.17) is 24.4 Å². The van der Waals surface area contributed by atoms with E-state index in [2.05, 4.69) is 19.4 Å². The highest BCUT2D eigenvalue weighted by atomic mass is 32.2. The van der Waals surface area contributed by atoms with Crippen molar-refractivity contribution in [3.05, 3.63) is 54.1 Å². The van der Waals surface area contributed by atoms with Crippen molar-refractivity contribution in [2.24, 2.45) is 0 Å². The number of aliphatic hydroxyl groups is 2. The zero-order valence-corrected chi connectivity index (χ0v) is 22.4. The molecule has 0 radical (unpaired) electrons. The first kappa shape index (κ1) is 29.4. The summed E-state index contributed by atoms with van der Waals surface area (Å²) in [7, 11) is -2.85. The number of ether oxygens (including phenoxy) is 4. The SMILES string of the molecule is COc1cccc(Oc2c(NS(=O)(=O)c3ccc(C(C)(C)C)cc3)nc(OC(=O)O)nc2OCC(O)CO)c1. The highest BCUT2D eigenvalue weighted by molar-refractivity contribution is 7.92. The molecule has 0 amide bonds. The summed E-state index contributed by atoms with van der Waals surface area (Å²) in [5.41, 5.74) is 0.690. The first-order valence-corrected chi connectivity index (χ1v) is 13.0. The van der Waals surface area contributed by atoms with Gasteiger partial charge in [-0.15, -0.1) is 0 Å². The van der Waals surface area contributed by atoms with Crippen LogP contribution < -0.4 is 23.7 Å². The van der Waals surface area contributed by atoms with Crippen LogP contribution in [0.25, 0.3) is 0 Å². The van der Waals surface area contributed by atoms with Gasteiger partial charge < -0.3 is 34.3 Å². The number of carboxylic acid groups (broad SMARTS) is 1. The Labute approximate surface area is 225 Å². The minimum Gasteiger partial charge on any atom is -0.497 e. The monoisotopic (exact) mass is 563 g/mol. The lowest BCUT2D eigenvalue weighted by atomic mass is 9.87. The predicted octanol–water partition coefficient (Wildman–Crippen LogP) is 3.16. The second-order valence-corrected chi connectivity index (χ2v) is 10.8. The Morgan fingerprint density at radius 2 is 1.74 bits per heavy atom. The molecule has 3 rings (SSSR count). The summed E-state index contributed by atoms with van der Waals surface area (Å²) in [5.74, 6) is -0.790. The first-order valence-electron chi connectivity index (χ1n) is 11.5. The molecule has 0 aliphatic rings. The quantitative estimate of drug-likeness (QED) is 0.250. The van der Waals surface area contributed by atoms with Crippen LogP contribution in [-0.4, -0.2) is 66.3 Å². The van der Waals surface area contributed by atoms with Gasteiger partial charge in [-0.3, -0.25) is 4.72 Å². The van der Waals surface area contributed by atoms with Crippen LogP contribution in [-0.2, 0) is 15.4 Å². The van der Waals surface area contributed by atoms with E-state index in [9.17, 15) is 18.3 Å².